The van der Waals surface area contributed by atoms with Crippen molar-refractivity contribution in [3.05, 3.63) is 29.3 Å². The third-order valence-corrected chi connectivity index (χ3v) is 4.56. The molecular weight excluding hydrogens is 260 g/mol. The zero-order valence-corrected chi connectivity index (χ0v) is 13.6. The first-order chi connectivity index (χ1) is 10.0. The highest BCUT2D eigenvalue weighted by Crippen LogP contribution is 2.37. The number of hydrogen-bond acceptors (Lipinski definition) is 3. The second-order valence-corrected chi connectivity index (χ2v) is 7.29. The van der Waals surface area contributed by atoms with Crippen molar-refractivity contribution in [2.75, 3.05) is 20.1 Å². The highest BCUT2D eigenvalue weighted by atomic mass is 16.5. The number of hydrogen-bond donors (Lipinski definition) is 1. The number of nitrogens with zero attached hydrogens (tertiary/aromatic N) is 1. The van der Waals surface area contributed by atoms with Gasteiger partial charge in [-0.25, -0.2) is 0 Å². The minimum absolute atomic E-state index is 0.0536. The van der Waals surface area contributed by atoms with Crippen LogP contribution in [0.3, 0.4) is 0 Å². The van der Waals surface area contributed by atoms with Crippen LogP contribution in [-0.4, -0.2) is 36.7 Å². The van der Waals surface area contributed by atoms with Gasteiger partial charge in [0.25, 0.3) is 0 Å². The highest BCUT2D eigenvalue weighted by molar-refractivity contribution is 5.45. The van der Waals surface area contributed by atoms with Crippen LogP contribution in [-0.2, 0) is 13.0 Å². The van der Waals surface area contributed by atoms with Crippen LogP contribution in [0, 0.1) is 0 Å². The molecule has 0 amide bonds. The molecule has 3 nitrogen and oxygen atoms in total. The highest BCUT2D eigenvalue weighted by Gasteiger charge is 2.31. The fourth-order valence-electron chi connectivity index (χ4n) is 3.62. The van der Waals surface area contributed by atoms with Gasteiger partial charge in [-0.2, -0.15) is 0 Å². The van der Waals surface area contributed by atoms with E-state index in [1.54, 1.807) is 0 Å². The Labute approximate surface area is 128 Å². The summed E-state index contributed by atoms with van der Waals surface area (Å²) in [6.45, 7) is 7.61. The van der Waals surface area contributed by atoms with Gasteiger partial charge >= 0.3 is 0 Å². The van der Waals surface area contributed by atoms with E-state index in [1.165, 1.54) is 36.9 Å². The molecule has 1 saturated heterocycles. The van der Waals surface area contributed by atoms with Crippen LogP contribution in [0.1, 0.15) is 44.2 Å². The number of para-hydroxylation sites is 1. The number of piperidine rings is 1. The summed E-state index contributed by atoms with van der Waals surface area (Å²) in [5, 5.41) is 3.63. The van der Waals surface area contributed by atoms with E-state index in [4.69, 9.17) is 4.74 Å². The molecule has 2 aliphatic heterocycles. The smallest absolute Gasteiger partial charge is 0.127 e. The molecule has 21 heavy (non-hydrogen) atoms. The van der Waals surface area contributed by atoms with Gasteiger partial charge in [0.15, 0.2) is 0 Å². The summed E-state index contributed by atoms with van der Waals surface area (Å²) >= 11 is 0. The van der Waals surface area contributed by atoms with E-state index in [0.717, 1.165) is 25.3 Å². The van der Waals surface area contributed by atoms with E-state index < -0.39 is 0 Å². The molecule has 1 aromatic rings. The fourth-order valence-corrected chi connectivity index (χ4v) is 3.62. The van der Waals surface area contributed by atoms with Crippen LogP contribution in [0.5, 0.6) is 5.75 Å². The van der Waals surface area contributed by atoms with Crippen LogP contribution in [0.4, 0.5) is 0 Å². The summed E-state index contributed by atoms with van der Waals surface area (Å²) in [5.74, 6) is 1.13. The van der Waals surface area contributed by atoms with Crippen molar-refractivity contribution in [1.29, 1.82) is 0 Å². The van der Waals surface area contributed by atoms with Crippen molar-refractivity contribution in [1.82, 2.24) is 10.2 Å². The number of rotatable bonds is 4. The lowest BCUT2D eigenvalue weighted by molar-refractivity contribution is 0.135. The molecule has 0 radical (unpaired) electrons. The van der Waals surface area contributed by atoms with Gasteiger partial charge in [-0.3, -0.25) is 0 Å². The van der Waals surface area contributed by atoms with Gasteiger partial charge in [-0.05, 0) is 45.8 Å². The Morgan fingerprint density at radius 3 is 2.95 bits per heavy atom. The Balaban J connectivity index is 1.64. The average Bonchev–Trinajstić information content (AvgIpc) is 2.75. The van der Waals surface area contributed by atoms with Gasteiger partial charge in [-0.15, -0.1) is 0 Å². The molecule has 0 saturated carbocycles. The van der Waals surface area contributed by atoms with Gasteiger partial charge in [0.1, 0.15) is 11.4 Å². The van der Waals surface area contributed by atoms with Crippen molar-refractivity contribution in [3.63, 3.8) is 0 Å². The quantitative estimate of drug-likeness (QED) is 0.922. The van der Waals surface area contributed by atoms with Gasteiger partial charge in [-0.1, -0.05) is 24.6 Å². The predicted molar refractivity (Wildman–Crippen MR) is 86.8 cm³/mol. The van der Waals surface area contributed by atoms with E-state index in [1.807, 2.05) is 0 Å². The molecule has 1 unspecified atom stereocenters. The summed E-state index contributed by atoms with van der Waals surface area (Å²) in [7, 11) is 2.22. The summed E-state index contributed by atoms with van der Waals surface area (Å²) in [6.07, 6.45) is 5.02. The largest absolute Gasteiger partial charge is 0.487 e. The summed E-state index contributed by atoms with van der Waals surface area (Å²) in [5.41, 5.74) is 2.64. The molecule has 3 heteroatoms. The van der Waals surface area contributed by atoms with Crippen LogP contribution >= 0.6 is 0 Å². The monoisotopic (exact) mass is 288 g/mol. The molecule has 3 rings (SSSR count). The lowest BCUT2D eigenvalue weighted by atomic mass is 10.0. The van der Waals surface area contributed by atoms with E-state index in [9.17, 15) is 0 Å². The SMILES string of the molecule is CN(Cc1cccc2c1OC(C)(C)C2)CC1CCCCN1. The molecule has 0 bridgehead atoms. The maximum atomic E-state index is 6.17. The standard InChI is InChI=1S/C18H28N2O/c1-18(2)11-14-7-6-8-15(17(14)21-18)12-20(3)13-16-9-4-5-10-19-16/h6-8,16,19H,4-5,9-13H2,1-3H3. The maximum absolute atomic E-state index is 6.17. The lowest BCUT2D eigenvalue weighted by Crippen LogP contribution is -2.42. The molecular formula is C18H28N2O. The molecule has 2 heterocycles. The van der Waals surface area contributed by atoms with E-state index in [2.05, 4.69) is 49.3 Å². The number of fused-ring (bicyclic) bond motifs is 1. The number of benzene rings is 1. The Bertz CT molecular complexity index is 492. The van der Waals surface area contributed by atoms with Crippen molar-refractivity contribution in [3.8, 4) is 5.75 Å². The predicted octanol–water partition coefficient (Wildman–Crippen LogP) is 2.97. The zero-order valence-electron chi connectivity index (χ0n) is 13.6. The molecule has 1 fully saturated rings. The van der Waals surface area contributed by atoms with Crippen molar-refractivity contribution in [2.45, 2.75) is 57.7 Å². The Hall–Kier alpha value is -1.06. The molecule has 0 spiro atoms. The zero-order chi connectivity index (χ0) is 14.9. The third-order valence-electron chi connectivity index (χ3n) is 4.56. The number of likely N-dealkylation sites (N-methyl/N-ethyl adjacent to an activating group) is 1. The normalized spacial score (nSPS) is 23.9. The number of ether oxygens (including phenoxy) is 1. The van der Waals surface area contributed by atoms with Crippen LogP contribution in [0.2, 0.25) is 0 Å². The minimum atomic E-state index is -0.0536. The second kappa shape index (κ2) is 5.98. The van der Waals surface area contributed by atoms with Crippen LogP contribution in [0.15, 0.2) is 18.2 Å². The van der Waals surface area contributed by atoms with Gasteiger partial charge in [0, 0.05) is 31.1 Å². The van der Waals surface area contributed by atoms with Gasteiger partial charge in [0.2, 0.25) is 0 Å². The molecule has 0 aromatic heterocycles. The first-order valence-electron chi connectivity index (χ1n) is 8.25. The lowest BCUT2D eigenvalue weighted by Gasteiger charge is -2.28. The van der Waals surface area contributed by atoms with Crippen LogP contribution < -0.4 is 10.1 Å². The molecule has 116 valence electrons. The summed E-state index contributed by atoms with van der Waals surface area (Å²) in [4.78, 5) is 2.42. The van der Waals surface area contributed by atoms with Crippen molar-refractivity contribution >= 4 is 0 Å². The van der Waals surface area contributed by atoms with Crippen molar-refractivity contribution < 1.29 is 4.74 Å². The van der Waals surface area contributed by atoms with Gasteiger partial charge < -0.3 is 15.0 Å². The number of nitrogens with one attached hydrogen (secondary N) is 1. The molecule has 1 atom stereocenters. The second-order valence-electron chi connectivity index (χ2n) is 7.29. The Kier molecular flexibility index (Phi) is 4.23. The topological polar surface area (TPSA) is 24.5 Å². The fraction of sp³-hybridized carbons (Fsp3) is 0.667. The minimum Gasteiger partial charge on any atom is -0.487 e. The molecule has 0 aliphatic carbocycles. The van der Waals surface area contributed by atoms with E-state index in [0.29, 0.717) is 6.04 Å². The molecule has 1 N–H and O–H groups in total. The van der Waals surface area contributed by atoms with E-state index >= 15 is 0 Å². The summed E-state index contributed by atoms with van der Waals surface area (Å²) < 4.78 is 6.17. The maximum Gasteiger partial charge on any atom is 0.127 e. The Morgan fingerprint density at radius 1 is 1.33 bits per heavy atom. The molecule has 1 aromatic carbocycles. The van der Waals surface area contributed by atoms with Crippen molar-refractivity contribution in [2.24, 2.45) is 0 Å². The van der Waals surface area contributed by atoms with Gasteiger partial charge in [0.05, 0.1) is 0 Å². The van der Waals surface area contributed by atoms with Crippen LogP contribution in [0.25, 0.3) is 0 Å². The first-order valence-corrected chi connectivity index (χ1v) is 8.25. The molecule has 2 aliphatic rings. The Morgan fingerprint density at radius 2 is 2.19 bits per heavy atom. The summed E-state index contributed by atoms with van der Waals surface area (Å²) in [6, 6.07) is 7.24. The van der Waals surface area contributed by atoms with E-state index in [-0.39, 0.29) is 5.60 Å². The third kappa shape index (κ3) is 3.58. The average molecular weight is 288 g/mol. The first kappa shape index (κ1) is 14.9.